The summed E-state index contributed by atoms with van der Waals surface area (Å²) in [5.74, 6) is 0.0128. The molecule has 0 spiro atoms. The van der Waals surface area contributed by atoms with Gasteiger partial charge in [-0.05, 0) is 30.7 Å². The average Bonchev–Trinajstić information content (AvgIpc) is 2.48. The molecule has 0 fully saturated rings. The largest absolute Gasteiger partial charge is 0.387 e. The topological polar surface area (TPSA) is 32.3 Å². The van der Waals surface area contributed by atoms with Gasteiger partial charge in [0.05, 0.1) is 5.56 Å². The van der Waals surface area contributed by atoms with Crippen molar-refractivity contribution in [2.24, 2.45) is 0 Å². The van der Waals surface area contributed by atoms with Crippen LogP contribution in [0.1, 0.15) is 21.5 Å². The molecule has 2 aromatic carbocycles. The van der Waals surface area contributed by atoms with E-state index in [0.717, 1.165) is 21.3 Å². The van der Waals surface area contributed by atoms with Crippen molar-refractivity contribution in [3.05, 3.63) is 63.6 Å². The van der Waals surface area contributed by atoms with Crippen molar-refractivity contribution < 1.29 is 4.79 Å². The van der Waals surface area contributed by atoms with Crippen LogP contribution >= 0.6 is 15.9 Å². The Labute approximate surface area is 134 Å². The highest BCUT2D eigenvalue weighted by atomic mass is 79.9. The van der Waals surface area contributed by atoms with E-state index in [1.165, 1.54) is 0 Å². The summed E-state index contributed by atoms with van der Waals surface area (Å²) >= 11 is 3.52. The molecule has 0 heterocycles. The first kappa shape index (κ1) is 15.6. The fourth-order valence-corrected chi connectivity index (χ4v) is 2.62. The second-order valence-electron chi connectivity index (χ2n) is 5.05. The number of halogens is 1. The lowest BCUT2D eigenvalue weighted by atomic mass is 10.1. The molecule has 0 atom stereocenters. The lowest BCUT2D eigenvalue weighted by Gasteiger charge is -2.20. The van der Waals surface area contributed by atoms with Crippen molar-refractivity contribution in [3.8, 4) is 0 Å². The Kier molecular flexibility index (Phi) is 5.02. The van der Waals surface area contributed by atoms with Gasteiger partial charge in [-0.15, -0.1) is 0 Å². The molecule has 3 nitrogen and oxygen atoms in total. The molecule has 0 radical (unpaired) electrons. The first-order valence-corrected chi connectivity index (χ1v) is 7.59. The van der Waals surface area contributed by atoms with E-state index in [1.54, 1.807) is 4.90 Å². The molecule has 2 aromatic rings. The summed E-state index contributed by atoms with van der Waals surface area (Å²) in [6.07, 6.45) is 0. The fourth-order valence-electron chi connectivity index (χ4n) is 2.21. The number of amides is 1. The molecule has 0 bridgehead atoms. The fraction of sp³-hybridized carbons (Fsp3) is 0.235. The standard InChI is InChI=1S/C17H19BrN2O/c1-12-8-9-16(19-2)14(10-12)17(21)20(3)11-13-6-4-5-7-15(13)18/h4-10,19H,11H2,1-3H3. The SMILES string of the molecule is CNc1ccc(C)cc1C(=O)N(C)Cc1ccccc1Br. The molecule has 0 saturated heterocycles. The highest BCUT2D eigenvalue weighted by molar-refractivity contribution is 9.10. The zero-order valence-corrected chi connectivity index (χ0v) is 14.1. The molecular weight excluding hydrogens is 328 g/mol. The molecule has 1 amide bonds. The van der Waals surface area contributed by atoms with Gasteiger partial charge in [-0.2, -0.15) is 0 Å². The summed E-state index contributed by atoms with van der Waals surface area (Å²) in [6, 6.07) is 13.8. The second kappa shape index (κ2) is 6.76. The molecule has 0 aliphatic heterocycles. The highest BCUT2D eigenvalue weighted by Crippen LogP contribution is 2.21. The summed E-state index contributed by atoms with van der Waals surface area (Å²) in [5.41, 5.74) is 3.72. The quantitative estimate of drug-likeness (QED) is 0.904. The maximum atomic E-state index is 12.7. The van der Waals surface area contributed by atoms with Gasteiger partial charge in [0, 0.05) is 30.8 Å². The van der Waals surface area contributed by atoms with Crippen molar-refractivity contribution in [1.82, 2.24) is 4.90 Å². The smallest absolute Gasteiger partial charge is 0.256 e. The van der Waals surface area contributed by atoms with Crippen molar-refractivity contribution in [2.75, 3.05) is 19.4 Å². The van der Waals surface area contributed by atoms with Crippen molar-refractivity contribution in [1.29, 1.82) is 0 Å². The van der Waals surface area contributed by atoms with E-state index in [2.05, 4.69) is 21.2 Å². The zero-order valence-electron chi connectivity index (χ0n) is 12.5. The maximum Gasteiger partial charge on any atom is 0.256 e. The first-order chi connectivity index (χ1) is 10.0. The van der Waals surface area contributed by atoms with Crippen LogP contribution in [0, 0.1) is 6.92 Å². The van der Waals surface area contributed by atoms with E-state index in [4.69, 9.17) is 0 Å². The second-order valence-corrected chi connectivity index (χ2v) is 5.91. The minimum Gasteiger partial charge on any atom is -0.387 e. The minimum absolute atomic E-state index is 0.0128. The minimum atomic E-state index is 0.0128. The molecule has 2 rings (SSSR count). The van der Waals surface area contributed by atoms with Gasteiger partial charge in [-0.1, -0.05) is 45.8 Å². The molecule has 1 N–H and O–H groups in total. The Morgan fingerprint density at radius 3 is 2.62 bits per heavy atom. The van der Waals surface area contributed by atoms with Gasteiger partial charge >= 0.3 is 0 Å². The zero-order chi connectivity index (χ0) is 15.4. The third-order valence-corrected chi connectivity index (χ3v) is 4.16. The van der Waals surface area contributed by atoms with Crippen LogP contribution in [-0.4, -0.2) is 24.9 Å². The van der Waals surface area contributed by atoms with Crippen molar-refractivity contribution >= 4 is 27.5 Å². The van der Waals surface area contributed by atoms with E-state index in [0.29, 0.717) is 12.1 Å². The summed E-state index contributed by atoms with van der Waals surface area (Å²) < 4.78 is 1.02. The number of carbonyl (C=O) groups is 1. The van der Waals surface area contributed by atoms with Crippen molar-refractivity contribution in [3.63, 3.8) is 0 Å². The summed E-state index contributed by atoms with van der Waals surface area (Å²) in [6.45, 7) is 2.56. The van der Waals surface area contributed by atoms with Gasteiger partial charge in [0.15, 0.2) is 0 Å². The Hall–Kier alpha value is -1.81. The predicted octanol–water partition coefficient (Wildman–Crippen LogP) is 4.07. The lowest BCUT2D eigenvalue weighted by Crippen LogP contribution is -2.27. The van der Waals surface area contributed by atoms with E-state index in [9.17, 15) is 4.79 Å². The summed E-state index contributed by atoms with van der Waals surface area (Å²) in [7, 11) is 3.65. The molecule has 4 heteroatoms. The predicted molar refractivity (Wildman–Crippen MR) is 90.7 cm³/mol. The van der Waals surface area contributed by atoms with Crippen molar-refractivity contribution in [2.45, 2.75) is 13.5 Å². The number of anilines is 1. The van der Waals surface area contributed by atoms with Crippen LogP contribution in [0.15, 0.2) is 46.9 Å². The summed E-state index contributed by atoms with van der Waals surface area (Å²) in [4.78, 5) is 14.4. The Morgan fingerprint density at radius 2 is 1.95 bits per heavy atom. The molecule has 0 saturated carbocycles. The van der Waals surface area contributed by atoms with Gasteiger partial charge in [-0.3, -0.25) is 4.79 Å². The number of benzene rings is 2. The Balaban J connectivity index is 2.24. The van der Waals surface area contributed by atoms with Crippen LogP contribution < -0.4 is 5.32 Å². The molecule has 21 heavy (non-hydrogen) atoms. The van der Waals surface area contributed by atoms with Gasteiger partial charge in [0.25, 0.3) is 5.91 Å². The maximum absolute atomic E-state index is 12.7. The molecule has 110 valence electrons. The number of hydrogen-bond acceptors (Lipinski definition) is 2. The normalized spacial score (nSPS) is 10.3. The van der Waals surface area contributed by atoms with Gasteiger partial charge in [-0.25, -0.2) is 0 Å². The number of nitrogens with one attached hydrogen (secondary N) is 1. The monoisotopic (exact) mass is 346 g/mol. The molecule has 0 aromatic heterocycles. The number of carbonyl (C=O) groups excluding carboxylic acids is 1. The third-order valence-electron chi connectivity index (χ3n) is 3.39. The summed E-state index contributed by atoms with van der Waals surface area (Å²) in [5, 5.41) is 3.08. The van der Waals surface area contributed by atoms with Gasteiger partial charge in [0.1, 0.15) is 0 Å². The third kappa shape index (κ3) is 3.64. The molecular formula is C17H19BrN2O. The highest BCUT2D eigenvalue weighted by Gasteiger charge is 2.16. The molecule has 0 unspecified atom stereocenters. The van der Waals surface area contributed by atoms with Gasteiger partial charge < -0.3 is 10.2 Å². The van der Waals surface area contributed by atoms with Crippen LogP contribution in [-0.2, 0) is 6.54 Å². The number of rotatable bonds is 4. The first-order valence-electron chi connectivity index (χ1n) is 6.80. The van der Waals surface area contributed by atoms with E-state index in [-0.39, 0.29) is 5.91 Å². The Bertz CT molecular complexity index is 655. The molecule has 0 aliphatic rings. The van der Waals surface area contributed by atoms with E-state index >= 15 is 0 Å². The van der Waals surface area contributed by atoms with Crippen LogP contribution in [0.4, 0.5) is 5.69 Å². The van der Waals surface area contributed by atoms with Gasteiger partial charge in [0.2, 0.25) is 0 Å². The lowest BCUT2D eigenvalue weighted by molar-refractivity contribution is 0.0785. The number of nitrogens with zero attached hydrogens (tertiary/aromatic N) is 1. The average molecular weight is 347 g/mol. The van der Waals surface area contributed by atoms with E-state index < -0.39 is 0 Å². The number of aryl methyl sites for hydroxylation is 1. The van der Waals surface area contributed by atoms with Crippen LogP contribution in [0.2, 0.25) is 0 Å². The van der Waals surface area contributed by atoms with Crippen LogP contribution in [0.5, 0.6) is 0 Å². The Morgan fingerprint density at radius 1 is 1.24 bits per heavy atom. The number of hydrogen-bond donors (Lipinski definition) is 1. The van der Waals surface area contributed by atoms with E-state index in [1.807, 2.05) is 63.5 Å². The molecule has 0 aliphatic carbocycles. The van der Waals surface area contributed by atoms with Crippen LogP contribution in [0.3, 0.4) is 0 Å². The van der Waals surface area contributed by atoms with Crippen LogP contribution in [0.25, 0.3) is 0 Å².